The van der Waals surface area contributed by atoms with E-state index in [0.29, 0.717) is 6.04 Å². The Balaban J connectivity index is 1.41. The lowest BCUT2D eigenvalue weighted by Crippen LogP contribution is -2.33. The molecule has 3 heterocycles. The van der Waals surface area contributed by atoms with Gasteiger partial charge in [-0.25, -0.2) is 0 Å². The highest BCUT2D eigenvalue weighted by Gasteiger charge is 2.27. The molecule has 2 saturated heterocycles. The SMILES string of the molecule is C(#Cc1ccc2c(c1)CCCN1CCCC[C@@H]21)CCN1CCCCC1. The maximum Gasteiger partial charge on any atom is 0.0350 e. The van der Waals surface area contributed by atoms with E-state index in [9.17, 15) is 0 Å². The van der Waals surface area contributed by atoms with Crippen molar-refractivity contribution in [2.24, 2.45) is 0 Å². The van der Waals surface area contributed by atoms with Crippen LogP contribution in [0, 0.1) is 11.8 Å². The second kappa shape index (κ2) is 8.39. The van der Waals surface area contributed by atoms with Gasteiger partial charge in [0.1, 0.15) is 0 Å². The molecular weight excluding hydrogens is 304 g/mol. The van der Waals surface area contributed by atoms with Gasteiger partial charge in [0, 0.05) is 24.6 Å². The molecule has 4 rings (SSSR count). The summed E-state index contributed by atoms with van der Waals surface area (Å²) < 4.78 is 0. The average molecular weight is 337 g/mol. The quantitative estimate of drug-likeness (QED) is 0.739. The number of nitrogens with zero attached hydrogens (tertiary/aromatic N) is 2. The molecule has 3 aliphatic heterocycles. The van der Waals surface area contributed by atoms with E-state index < -0.39 is 0 Å². The van der Waals surface area contributed by atoms with E-state index in [0.717, 1.165) is 13.0 Å². The summed E-state index contributed by atoms with van der Waals surface area (Å²) in [6.45, 7) is 6.27. The Hall–Kier alpha value is -1.30. The topological polar surface area (TPSA) is 6.48 Å². The zero-order valence-electron chi connectivity index (χ0n) is 15.6. The van der Waals surface area contributed by atoms with Gasteiger partial charge in [0.2, 0.25) is 0 Å². The zero-order valence-corrected chi connectivity index (χ0v) is 15.6. The molecule has 25 heavy (non-hydrogen) atoms. The van der Waals surface area contributed by atoms with Crippen molar-refractivity contribution in [2.75, 3.05) is 32.7 Å². The van der Waals surface area contributed by atoms with Crippen LogP contribution in [0.1, 0.15) is 74.1 Å². The Morgan fingerprint density at radius 2 is 1.76 bits per heavy atom. The van der Waals surface area contributed by atoms with E-state index in [2.05, 4.69) is 39.8 Å². The van der Waals surface area contributed by atoms with Gasteiger partial charge in [-0.05, 0) is 88.0 Å². The van der Waals surface area contributed by atoms with Gasteiger partial charge in [0.15, 0.2) is 0 Å². The fraction of sp³-hybridized carbons (Fsp3) is 0.652. The van der Waals surface area contributed by atoms with Crippen molar-refractivity contribution in [3.8, 4) is 11.8 Å². The highest BCUT2D eigenvalue weighted by Crippen LogP contribution is 2.35. The lowest BCUT2D eigenvalue weighted by molar-refractivity contribution is 0.152. The molecular formula is C23H32N2. The first-order valence-corrected chi connectivity index (χ1v) is 10.5. The van der Waals surface area contributed by atoms with Crippen LogP contribution in [0.4, 0.5) is 0 Å². The maximum absolute atomic E-state index is 3.44. The van der Waals surface area contributed by atoms with Gasteiger partial charge in [0.05, 0.1) is 0 Å². The van der Waals surface area contributed by atoms with Crippen molar-refractivity contribution in [3.05, 3.63) is 34.9 Å². The van der Waals surface area contributed by atoms with E-state index in [4.69, 9.17) is 0 Å². The van der Waals surface area contributed by atoms with Crippen molar-refractivity contribution in [1.82, 2.24) is 9.80 Å². The number of rotatable bonds is 2. The minimum absolute atomic E-state index is 0.673. The normalized spacial score (nSPS) is 24.6. The molecule has 0 spiro atoms. The van der Waals surface area contributed by atoms with Crippen molar-refractivity contribution in [1.29, 1.82) is 0 Å². The van der Waals surface area contributed by atoms with E-state index in [-0.39, 0.29) is 0 Å². The van der Waals surface area contributed by atoms with Crippen LogP contribution < -0.4 is 0 Å². The maximum atomic E-state index is 3.44. The number of aryl methyl sites for hydroxylation is 1. The Kier molecular flexibility index (Phi) is 5.75. The van der Waals surface area contributed by atoms with E-state index in [1.165, 1.54) is 83.1 Å². The molecule has 1 aromatic carbocycles. The molecule has 3 aliphatic rings. The zero-order chi connectivity index (χ0) is 16.9. The first kappa shape index (κ1) is 17.1. The van der Waals surface area contributed by atoms with Crippen LogP contribution in [0.3, 0.4) is 0 Å². The van der Waals surface area contributed by atoms with Gasteiger partial charge in [-0.2, -0.15) is 0 Å². The van der Waals surface area contributed by atoms with Gasteiger partial charge >= 0.3 is 0 Å². The van der Waals surface area contributed by atoms with Gasteiger partial charge in [-0.3, -0.25) is 4.90 Å². The van der Waals surface area contributed by atoms with Crippen LogP contribution in [0.25, 0.3) is 0 Å². The molecule has 2 nitrogen and oxygen atoms in total. The molecule has 2 heteroatoms. The first-order valence-electron chi connectivity index (χ1n) is 10.5. The predicted molar refractivity (Wildman–Crippen MR) is 105 cm³/mol. The summed E-state index contributed by atoms with van der Waals surface area (Å²) >= 11 is 0. The van der Waals surface area contributed by atoms with Crippen molar-refractivity contribution in [2.45, 2.75) is 63.8 Å². The molecule has 0 bridgehead atoms. The summed E-state index contributed by atoms with van der Waals surface area (Å²) in [5.74, 6) is 6.86. The minimum Gasteiger partial charge on any atom is -0.302 e. The second-order valence-electron chi connectivity index (χ2n) is 8.02. The monoisotopic (exact) mass is 336 g/mol. The van der Waals surface area contributed by atoms with Gasteiger partial charge in [0.25, 0.3) is 0 Å². The number of likely N-dealkylation sites (tertiary alicyclic amines) is 1. The molecule has 0 radical (unpaired) electrons. The standard InChI is InChI=1S/C23H32N2/c1-4-14-24(15-5-1)16-6-2-9-20-12-13-22-21(19-20)10-8-18-25-17-7-3-11-23(22)25/h12-13,19,23H,1,3-8,10-11,14-18H2/t23-/m0/s1. The van der Waals surface area contributed by atoms with Crippen LogP contribution >= 0.6 is 0 Å². The third-order valence-corrected chi connectivity index (χ3v) is 6.24. The summed E-state index contributed by atoms with van der Waals surface area (Å²) in [6, 6.07) is 7.72. The van der Waals surface area contributed by atoms with Gasteiger partial charge < -0.3 is 4.90 Å². The van der Waals surface area contributed by atoms with E-state index in [1.54, 1.807) is 11.1 Å². The molecule has 0 unspecified atom stereocenters. The summed E-state index contributed by atoms with van der Waals surface area (Å²) in [7, 11) is 0. The number of fused-ring (bicyclic) bond motifs is 3. The molecule has 134 valence electrons. The third-order valence-electron chi connectivity index (χ3n) is 6.24. The van der Waals surface area contributed by atoms with E-state index in [1.807, 2.05) is 0 Å². The Morgan fingerprint density at radius 1 is 0.920 bits per heavy atom. The molecule has 0 amide bonds. The van der Waals surface area contributed by atoms with E-state index >= 15 is 0 Å². The van der Waals surface area contributed by atoms with Crippen molar-refractivity contribution < 1.29 is 0 Å². The van der Waals surface area contributed by atoms with Crippen LogP contribution in [0.5, 0.6) is 0 Å². The van der Waals surface area contributed by atoms with Crippen LogP contribution in [0.15, 0.2) is 18.2 Å². The van der Waals surface area contributed by atoms with Crippen LogP contribution in [0.2, 0.25) is 0 Å². The summed E-state index contributed by atoms with van der Waals surface area (Å²) in [5, 5.41) is 0. The highest BCUT2D eigenvalue weighted by atomic mass is 15.2. The van der Waals surface area contributed by atoms with Crippen molar-refractivity contribution in [3.63, 3.8) is 0 Å². The Labute approximate surface area is 153 Å². The Morgan fingerprint density at radius 3 is 2.68 bits per heavy atom. The average Bonchev–Trinajstić information content (AvgIpc) is 2.85. The minimum atomic E-state index is 0.673. The lowest BCUT2D eigenvalue weighted by atomic mass is 9.91. The first-order chi connectivity index (χ1) is 12.4. The molecule has 0 aromatic heterocycles. The summed E-state index contributed by atoms with van der Waals surface area (Å²) in [4.78, 5) is 5.30. The molecule has 0 aliphatic carbocycles. The number of piperidine rings is 2. The number of hydrogen-bond acceptors (Lipinski definition) is 2. The number of benzene rings is 1. The molecule has 1 atom stereocenters. The molecule has 0 saturated carbocycles. The second-order valence-corrected chi connectivity index (χ2v) is 8.02. The van der Waals surface area contributed by atoms with Crippen molar-refractivity contribution >= 4 is 0 Å². The summed E-state index contributed by atoms with van der Waals surface area (Å²) in [6.07, 6.45) is 11.8. The molecule has 2 fully saturated rings. The molecule has 1 aromatic rings. The van der Waals surface area contributed by atoms with Crippen LogP contribution in [-0.4, -0.2) is 42.5 Å². The highest BCUT2D eigenvalue weighted by molar-refractivity contribution is 5.43. The molecule has 0 N–H and O–H groups in total. The summed E-state index contributed by atoms with van der Waals surface area (Å²) in [5.41, 5.74) is 4.38. The smallest absolute Gasteiger partial charge is 0.0350 e. The number of hydrogen-bond donors (Lipinski definition) is 0. The van der Waals surface area contributed by atoms with Gasteiger partial charge in [-0.15, -0.1) is 0 Å². The Bertz CT molecular complexity index is 633. The van der Waals surface area contributed by atoms with Gasteiger partial charge in [-0.1, -0.05) is 30.7 Å². The fourth-order valence-corrected chi connectivity index (χ4v) is 4.87. The van der Waals surface area contributed by atoms with Crippen LogP contribution in [-0.2, 0) is 6.42 Å². The largest absolute Gasteiger partial charge is 0.302 e. The lowest BCUT2D eigenvalue weighted by Gasteiger charge is -2.35. The predicted octanol–water partition coefficient (Wildman–Crippen LogP) is 4.39. The third kappa shape index (κ3) is 4.27. The fourth-order valence-electron chi connectivity index (χ4n) is 4.87.